The number of ether oxygens (including phenoxy) is 2. The summed E-state index contributed by atoms with van der Waals surface area (Å²) in [6.07, 6.45) is 3.60. The van der Waals surface area contributed by atoms with E-state index in [0.29, 0.717) is 12.5 Å². The predicted octanol–water partition coefficient (Wildman–Crippen LogP) is 4.25. The number of hydrogen-bond donors (Lipinski definition) is 0. The number of rotatable bonds is 4. The third-order valence-electron chi connectivity index (χ3n) is 5.45. The topological polar surface area (TPSA) is 18.5 Å². The van der Waals surface area contributed by atoms with E-state index in [0.717, 1.165) is 12.8 Å². The number of aryl methyl sites for hydroxylation is 1. The van der Waals surface area contributed by atoms with Crippen LogP contribution in [0.4, 0.5) is 0 Å². The molecule has 0 radical (unpaired) electrons. The Morgan fingerprint density at radius 3 is 2.70 bits per heavy atom. The fourth-order valence-corrected chi connectivity index (χ4v) is 3.77. The molecule has 2 aliphatic heterocycles. The van der Waals surface area contributed by atoms with Crippen LogP contribution in [0.1, 0.15) is 51.2 Å². The summed E-state index contributed by atoms with van der Waals surface area (Å²) in [5, 5.41) is 0. The molecule has 0 saturated carbocycles. The van der Waals surface area contributed by atoms with Crippen LogP contribution < -0.4 is 0 Å². The van der Waals surface area contributed by atoms with Crippen molar-refractivity contribution in [1.82, 2.24) is 0 Å². The van der Waals surface area contributed by atoms with Gasteiger partial charge in [-0.05, 0) is 43.7 Å². The summed E-state index contributed by atoms with van der Waals surface area (Å²) in [5.41, 5.74) is 2.58. The molecule has 110 valence electrons. The van der Waals surface area contributed by atoms with Crippen LogP contribution in [0.3, 0.4) is 0 Å². The zero-order chi connectivity index (χ0) is 14.4. The summed E-state index contributed by atoms with van der Waals surface area (Å²) in [6, 6.07) is 8.46. The van der Waals surface area contributed by atoms with E-state index in [1.165, 1.54) is 17.5 Å². The van der Waals surface area contributed by atoms with Gasteiger partial charge >= 0.3 is 0 Å². The molecule has 3 atom stereocenters. The van der Waals surface area contributed by atoms with Crippen molar-refractivity contribution in [3.8, 4) is 0 Å². The van der Waals surface area contributed by atoms with E-state index >= 15 is 0 Å². The van der Waals surface area contributed by atoms with Crippen molar-refractivity contribution < 1.29 is 9.47 Å². The third kappa shape index (κ3) is 2.19. The summed E-state index contributed by atoms with van der Waals surface area (Å²) in [6.45, 7) is 9.62. The largest absolute Gasteiger partial charge is 0.370 e. The highest BCUT2D eigenvalue weighted by atomic mass is 16.6. The molecular formula is C18H26O2. The van der Waals surface area contributed by atoms with Crippen LogP contribution in [0.2, 0.25) is 0 Å². The molecule has 1 aromatic carbocycles. The molecule has 20 heavy (non-hydrogen) atoms. The van der Waals surface area contributed by atoms with E-state index in [-0.39, 0.29) is 17.3 Å². The predicted molar refractivity (Wildman–Crippen MR) is 80.7 cm³/mol. The fourth-order valence-electron chi connectivity index (χ4n) is 3.77. The Hall–Kier alpha value is -0.860. The van der Waals surface area contributed by atoms with Crippen molar-refractivity contribution in [1.29, 1.82) is 0 Å². The molecule has 2 aliphatic rings. The molecule has 0 aromatic heterocycles. The molecule has 1 aromatic rings. The summed E-state index contributed by atoms with van der Waals surface area (Å²) < 4.78 is 12.7. The maximum absolute atomic E-state index is 6.42. The van der Waals surface area contributed by atoms with Crippen LogP contribution >= 0.6 is 0 Å². The molecule has 0 N–H and O–H groups in total. The van der Waals surface area contributed by atoms with Crippen molar-refractivity contribution >= 4 is 0 Å². The van der Waals surface area contributed by atoms with Gasteiger partial charge in [-0.25, -0.2) is 0 Å². The summed E-state index contributed by atoms with van der Waals surface area (Å²) in [5.74, 6) is 0.566. The van der Waals surface area contributed by atoms with E-state index in [1.807, 2.05) is 0 Å². The highest BCUT2D eigenvalue weighted by Crippen LogP contribution is 2.55. The lowest BCUT2D eigenvalue weighted by Gasteiger charge is -2.31. The third-order valence-corrected chi connectivity index (χ3v) is 5.45. The summed E-state index contributed by atoms with van der Waals surface area (Å²) in [4.78, 5) is 0. The fraction of sp³-hybridized carbons (Fsp3) is 0.667. The smallest absolute Gasteiger partial charge is 0.0924 e. The van der Waals surface area contributed by atoms with Crippen LogP contribution in [0.15, 0.2) is 24.3 Å². The van der Waals surface area contributed by atoms with E-state index in [1.54, 1.807) is 0 Å². The Balaban J connectivity index is 1.69. The van der Waals surface area contributed by atoms with Gasteiger partial charge in [-0.2, -0.15) is 0 Å². The molecule has 2 fully saturated rings. The van der Waals surface area contributed by atoms with Gasteiger partial charge in [-0.3, -0.25) is 0 Å². The monoisotopic (exact) mass is 274 g/mol. The molecular weight excluding hydrogens is 248 g/mol. The Labute approximate surface area is 122 Å². The first kappa shape index (κ1) is 14.1. The van der Waals surface area contributed by atoms with Gasteiger partial charge < -0.3 is 9.47 Å². The summed E-state index contributed by atoms with van der Waals surface area (Å²) >= 11 is 0. The molecule has 0 aliphatic carbocycles. The van der Waals surface area contributed by atoms with Crippen molar-refractivity contribution in [2.45, 2.75) is 70.9 Å². The van der Waals surface area contributed by atoms with Gasteiger partial charge in [0.25, 0.3) is 0 Å². The number of fused-ring (bicyclic) bond motifs is 2. The molecule has 3 rings (SSSR count). The van der Waals surface area contributed by atoms with E-state index in [2.05, 4.69) is 52.0 Å². The standard InChI is InChI=1S/C18H26O2/c1-13(2)18-10-9-17(4,20-18)16(11-18)19-12-15-8-6-5-7-14(15)3/h5-8,13,16H,9-12H2,1-4H3/t16-,17?,18-/m1/s1. The van der Waals surface area contributed by atoms with Gasteiger partial charge in [-0.1, -0.05) is 38.1 Å². The van der Waals surface area contributed by atoms with E-state index < -0.39 is 0 Å². The van der Waals surface area contributed by atoms with Crippen molar-refractivity contribution in [2.24, 2.45) is 5.92 Å². The first-order chi connectivity index (χ1) is 9.45. The zero-order valence-electron chi connectivity index (χ0n) is 13.1. The molecule has 2 nitrogen and oxygen atoms in total. The molecule has 0 amide bonds. The Kier molecular flexibility index (Phi) is 3.42. The van der Waals surface area contributed by atoms with Gasteiger partial charge in [0.1, 0.15) is 0 Å². The lowest BCUT2D eigenvalue weighted by atomic mass is 9.75. The second kappa shape index (κ2) is 4.85. The van der Waals surface area contributed by atoms with Gasteiger partial charge in [0.2, 0.25) is 0 Å². The summed E-state index contributed by atoms with van der Waals surface area (Å²) in [7, 11) is 0. The maximum Gasteiger partial charge on any atom is 0.0924 e. The number of hydrogen-bond acceptors (Lipinski definition) is 2. The second-order valence-corrected chi connectivity index (χ2v) is 7.06. The van der Waals surface area contributed by atoms with Gasteiger partial charge in [0.05, 0.1) is 23.9 Å². The molecule has 1 unspecified atom stereocenters. The highest BCUT2D eigenvalue weighted by molar-refractivity contribution is 5.24. The van der Waals surface area contributed by atoms with Crippen molar-refractivity contribution in [2.75, 3.05) is 0 Å². The Morgan fingerprint density at radius 2 is 2.05 bits per heavy atom. The first-order valence-corrected chi connectivity index (χ1v) is 7.81. The average Bonchev–Trinajstić information content (AvgIpc) is 2.90. The molecule has 2 saturated heterocycles. The molecule has 2 heterocycles. The minimum Gasteiger partial charge on any atom is -0.370 e. The quantitative estimate of drug-likeness (QED) is 0.817. The molecule has 2 bridgehead atoms. The zero-order valence-corrected chi connectivity index (χ0v) is 13.1. The van der Waals surface area contributed by atoms with Gasteiger partial charge in [0, 0.05) is 6.42 Å². The van der Waals surface area contributed by atoms with Crippen LogP contribution in [0, 0.1) is 12.8 Å². The van der Waals surface area contributed by atoms with Gasteiger partial charge in [0.15, 0.2) is 0 Å². The molecule has 0 spiro atoms. The maximum atomic E-state index is 6.42. The van der Waals surface area contributed by atoms with E-state index in [4.69, 9.17) is 9.47 Å². The van der Waals surface area contributed by atoms with Crippen LogP contribution in [0.5, 0.6) is 0 Å². The minimum absolute atomic E-state index is 0.0607. The van der Waals surface area contributed by atoms with Crippen molar-refractivity contribution in [3.63, 3.8) is 0 Å². The second-order valence-electron chi connectivity index (χ2n) is 7.06. The normalized spacial score (nSPS) is 36.0. The van der Waals surface area contributed by atoms with Gasteiger partial charge in [-0.15, -0.1) is 0 Å². The lowest BCUT2D eigenvalue weighted by Crippen LogP contribution is -2.38. The Morgan fingerprint density at radius 1 is 1.30 bits per heavy atom. The number of benzene rings is 1. The first-order valence-electron chi connectivity index (χ1n) is 7.81. The highest BCUT2D eigenvalue weighted by Gasteiger charge is 2.60. The minimum atomic E-state index is -0.0764. The van der Waals surface area contributed by atoms with Crippen LogP contribution in [-0.2, 0) is 16.1 Å². The molecule has 2 heteroatoms. The van der Waals surface area contributed by atoms with Crippen LogP contribution in [-0.4, -0.2) is 17.3 Å². The SMILES string of the molecule is Cc1ccccc1CO[C@@H]1C[C@@]2(C(C)C)CCC1(C)O2. The Bertz CT molecular complexity index is 496. The average molecular weight is 274 g/mol. The van der Waals surface area contributed by atoms with Crippen molar-refractivity contribution in [3.05, 3.63) is 35.4 Å². The van der Waals surface area contributed by atoms with Crippen LogP contribution in [0.25, 0.3) is 0 Å². The van der Waals surface area contributed by atoms with E-state index in [9.17, 15) is 0 Å². The lowest BCUT2D eigenvalue weighted by molar-refractivity contribution is -0.0960.